The SMILES string of the molecule is O=C(Nc1ccc(Cl)c(Cl)c1)[C@@H](Br)[C@@H](Br)c1ccccc1. The van der Waals surface area contributed by atoms with E-state index in [0.29, 0.717) is 15.7 Å². The third-order valence-electron chi connectivity index (χ3n) is 2.81. The van der Waals surface area contributed by atoms with E-state index in [9.17, 15) is 4.79 Å². The maximum atomic E-state index is 12.3. The zero-order valence-corrected chi connectivity index (χ0v) is 15.4. The Labute approximate surface area is 150 Å². The molecule has 0 heterocycles. The van der Waals surface area contributed by atoms with Gasteiger partial charge in [0.05, 0.1) is 14.9 Å². The summed E-state index contributed by atoms with van der Waals surface area (Å²) in [5.74, 6) is -0.167. The number of carbonyl (C=O) groups is 1. The van der Waals surface area contributed by atoms with Gasteiger partial charge in [0.25, 0.3) is 0 Å². The van der Waals surface area contributed by atoms with Gasteiger partial charge in [0.2, 0.25) is 5.91 Å². The molecular weight excluding hydrogens is 441 g/mol. The Morgan fingerprint density at radius 1 is 1.00 bits per heavy atom. The summed E-state index contributed by atoms with van der Waals surface area (Å²) in [5, 5.41) is 3.65. The summed E-state index contributed by atoms with van der Waals surface area (Å²) in [4.78, 5) is 11.7. The number of anilines is 1. The van der Waals surface area contributed by atoms with Crippen molar-refractivity contribution in [2.75, 3.05) is 5.32 Å². The molecule has 0 spiro atoms. The maximum Gasteiger partial charge on any atom is 0.239 e. The summed E-state index contributed by atoms with van der Waals surface area (Å²) >= 11 is 18.7. The van der Waals surface area contributed by atoms with Crippen LogP contribution in [0, 0.1) is 0 Å². The maximum absolute atomic E-state index is 12.3. The van der Waals surface area contributed by atoms with Gasteiger partial charge in [-0.3, -0.25) is 4.79 Å². The third kappa shape index (κ3) is 4.46. The molecule has 0 unspecified atom stereocenters. The molecule has 2 aromatic rings. The minimum Gasteiger partial charge on any atom is -0.325 e. The van der Waals surface area contributed by atoms with Gasteiger partial charge in [-0.25, -0.2) is 0 Å². The van der Waals surface area contributed by atoms with Crippen LogP contribution in [0.25, 0.3) is 0 Å². The van der Waals surface area contributed by atoms with E-state index in [1.165, 1.54) is 0 Å². The highest BCUT2D eigenvalue weighted by molar-refractivity contribution is 9.12. The highest BCUT2D eigenvalue weighted by Crippen LogP contribution is 2.32. The van der Waals surface area contributed by atoms with Gasteiger partial charge in [-0.15, -0.1) is 0 Å². The lowest BCUT2D eigenvalue weighted by atomic mass is 10.1. The van der Waals surface area contributed by atoms with Crippen molar-refractivity contribution in [1.82, 2.24) is 0 Å². The summed E-state index contributed by atoms with van der Waals surface area (Å²) < 4.78 is 0. The van der Waals surface area contributed by atoms with E-state index in [1.807, 2.05) is 30.3 Å². The molecule has 0 aliphatic heterocycles. The highest BCUT2D eigenvalue weighted by Gasteiger charge is 2.25. The van der Waals surface area contributed by atoms with Crippen LogP contribution in [0.3, 0.4) is 0 Å². The summed E-state index contributed by atoms with van der Waals surface area (Å²) in [6.07, 6.45) is 0. The van der Waals surface area contributed by atoms with Crippen molar-refractivity contribution in [2.24, 2.45) is 0 Å². The van der Waals surface area contributed by atoms with E-state index in [1.54, 1.807) is 18.2 Å². The lowest BCUT2D eigenvalue weighted by Gasteiger charge is -2.17. The number of amides is 1. The van der Waals surface area contributed by atoms with Gasteiger partial charge < -0.3 is 5.32 Å². The van der Waals surface area contributed by atoms with Crippen molar-refractivity contribution in [3.63, 3.8) is 0 Å². The van der Waals surface area contributed by atoms with Gasteiger partial charge in [-0.2, -0.15) is 0 Å². The quantitative estimate of drug-likeness (QED) is 0.582. The van der Waals surface area contributed by atoms with Gasteiger partial charge in [-0.05, 0) is 23.8 Å². The van der Waals surface area contributed by atoms with Gasteiger partial charge in [0.15, 0.2) is 0 Å². The van der Waals surface area contributed by atoms with Crippen LogP contribution in [0.4, 0.5) is 5.69 Å². The Hall–Kier alpha value is -0.550. The van der Waals surface area contributed by atoms with Crippen LogP contribution < -0.4 is 5.32 Å². The monoisotopic (exact) mass is 449 g/mol. The normalized spacial score (nSPS) is 13.5. The van der Waals surface area contributed by atoms with Crippen molar-refractivity contribution in [3.05, 3.63) is 64.1 Å². The van der Waals surface area contributed by atoms with Crippen LogP contribution in [-0.4, -0.2) is 10.7 Å². The number of benzene rings is 2. The fourth-order valence-electron chi connectivity index (χ4n) is 1.72. The van der Waals surface area contributed by atoms with Crippen LogP contribution in [0.1, 0.15) is 10.4 Å². The molecule has 1 N–H and O–H groups in total. The summed E-state index contributed by atoms with van der Waals surface area (Å²) in [7, 11) is 0. The average Bonchev–Trinajstić information content (AvgIpc) is 2.50. The number of hydrogen-bond donors (Lipinski definition) is 1. The van der Waals surface area contributed by atoms with Crippen LogP contribution >= 0.6 is 55.1 Å². The second-order valence-electron chi connectivity index (χ2n) is 4.33. The smallest absolute Gasteiger partial charge is 0.239 e. The highest BCUT2D eigenvalue weighted by atomic mass is 79.9. The zero-order valence-electron chi connectivity index (χ0n) is 10.7. The number of hydrogen-bond acceptors (Lipinski definition) is 1. The van der Waals surface area contributed by atoms with Gasteiger partial charge in [0, 0.05) is 5.69 Å². The van der Waals surface area contributed by atoms with Crippen LogP contribution in [0.5, 0.6) is 0 Å². The average molecular weight is 452 g/mol. The number of alkyl halides is 2. The first-order valence-electron chi connectivity index (χ1n) is 6.08. The Kier molecular flexibility index (Phi) is 6.11. The molecule has 2 nitrogen and oxygen atoms in total. The molecule has 2 atom stereocenters. The molecular formula is C15H11Br2Cl2NO. The minimum atomic E-state index is -0.422. The third-order valence-corrected chi connectivity index (χ3v) is 6.26. The molecule has 6 heteroatoms. The molecule has 0 aliphatic rings. The number of rotatable bonds is 4. The largest absolute Gasteiger partial charge is 0.325 e. The molecule has 2 aromatic carbocycles. The number of nitrogens with one attached hydrogen (secondary N) is 1. The van der Waals surface area contributed by atoms with E-state index in [4.69, 9.17) is 23.2 Å². The van der Waals surface area contributed by atoms with Crippen molar-refractivity contribution < 1.29 is 4.79 Å². The van der Waals surface area contributed by atoms with Gasteiger partial charge in [-0.1, -0.05) is 85.4 Å². The number of halogens is 4. The summed E-state index contributed by atoms with van der Waals surface area (Å²) in [6.45, 7) is 0. The molecule has 0 saturated carbocycles. The second-order valence-corrected chi connectivity index (χ2v) is 7.12. The van der Waals surface area contributed by atoms with Crippen molar-refractivity contribution in [2.45, 2.75) is 9.65 Å². The fourth-order valence-corrected chi connectivity index (χ4v) is 2.99. The second kappa shape index (κ2) is 7.63. The molecule has 0 bridgehead atoms. The first kappa shape index (κ1) is 16.8. The standard InChI is InChI=1S/C15H11Br2Cl2NO/c16-13(9-4-2-1-3-5-9)14(17)15(21)20-10-6-7-11(18)12(19)8-10/h1-8,13-14H,(H,20,21)/t13-,14-/m0/s1. The molecule has 21 heavy (non-hydrogen) atoms. The van der Waals surface area contributed by atoms with E-state index in [2.05, 4.69) is 37.2 Å². The molecule has 0 fully saturated rings. The predicted molar refractivity (Wildman–Crippen MR) is 95.9 cm³/mol. The van der Waals surface area contributed by atoms with Crippen LogP contribution in [0.2, 0.25) is 10.0 Å². The molecule has 0 saturated heterocycles. The van der Waals surface area contributed by atoms with Crippen molar-refractivity contribution >= 4 is 66.7 Å². The topological polar surface area (TPSA) is 29.1 Å². The molecule has 110 valence electrons. The van der Waals surface area contributed by atoms with E-state index in [-0.39, 0.29) is 10.7 Å². The zero-order chi connectivity index (χ0) is 15.4. The first-order chi connectivity index (χ1) is 9.99. The van der Waals surface area contributed by atoms with E-state index in [0.717, 1.165) is 5.56 Å². The van der Waals surface area contributed by atoms with E-state index < -0.39 is 4.83 Å². The van der Waals surface area contributed by atoms with E-state index >= 15 is 0 Å². The first-order valence-corrected chi connectivity index (χ1v) is 8.67. The summed E-state index contributed by atoms with van der Waals surface area (Å²) in [6, 6.07) is 14.7. The van der Waals surface area contributed by atoms with Crippen LogP contribution in [-0.2, 0) is 4.79 Å². The molecule has 0 aliphatic carbocycles. The Balaban J connectivity index is 2.07. The van der Waals surface area contributed by atoms with Crippen LogP contribution in [0.15, 0.2) is 48.5 Å². The Bertz CT molecular complexity index is 637. The molecule has 1 amide bonds. The predicted octanol–water partition coefficient (Wildman–Crippen LogP) is 5.83. The Morgan fingerprint density at radius 2 is 1.67 bits per heavy atom. The van der Waals surface area contributed by atoms with Crippen molar-refractivity contribution in [1.29, 1.82) is 0 Å². The summed E-state index contributed by atoms with van der Waals surface area (Å²) in [5.41, 5.74) is 1.62. The molecule has 0 radical (unpaired) electrons. The lowest BCUT2D eigenvalue weighted by molar-refractivity contribution is -0.115. The fraction of sp³-hybridized carbons (Fsp3) is 0.133. The van der Waals surface area contributed by atoms with Gasteiger partial charge >= 0.3 is 0 Å². The lowest BCUT2D eigenvalue weighted by Crippen LogP contribution is -2.26. The molecule has 2 rings (SSSR count). The van der Waals surface area contributed by atoms with Gasteiger partial charge in [0.1, 0.15) is 4.83 Å². The van der Waals surface area contributed by atoms with Crippen molar-refractivity contribution in [3.8, 4) is 0 Å². The minimum absolute atomic E-state index is 0.138. The Morgan fingerprint density at radius 3 is 2.29 bits per heavy atom. The number of carbonyl (C=O) groups excluding carboxylic acids is 1. The molecule has 0 aromatic heterocycles.